The summed E-state index contributed by atoms with van der Waals surface area (Å²) in [5.74, 6) is 1.55. The first kappa shape index (κ1) is 21.1. The Hall–Kier alpha value is -3.13. The molecule has 0 fully saturated rings. The molecule has 0 aliphatic heterocycles. The lowest BCUT2D eigenvalue weighted by Gasteiger charge is -2.12. The van der Waals surface area contributed by atoms with Crippen molar-refractivity contribution in [3.63, 3.8) is 0 Å². The minimum absolute atomic E-state index is 0.0729. The number of para-hydroxylation sites is 1. The van der Waals surface area contributed by atoms with Gasteiger partial charge in [0, 0.05) is 34.4 Å². The third kappa shape index (κ3) is 4.20. The second-order valence-corrected chi connectivity index (χ2v) is 8.30. The van der Waals surface area contributed by atoms with Crippen LogP contribution < -0.4 is 4.74 Å². The number of hydrogen-bond donors (Lipinski definition) is 0. The van der Waals surface area contributed by atoms with Crippen LogP contribution in [0.2, 0.25) is 0 Å². The lowest BCUT2D eigenvalue weighted by molar-refractivity contribution is -0.136. The summed E-state index contributed by atoms with van der Waals surface area (Å²) in [6.07, 6.45) is -2.44. The molecule has 1 heterocycles. The average molecular weight is 444 g/mol. The zero-order valence-electron chi connectivity index (χ0n) is 16.8. The van der Waals surface area contributed by atoms with E-state index in [4.69, 9.17) is 4.74 Å². The lowest BCUT2D eigenvalue weighted by atomic mass is 10.1. The monoisotopic (exact) mass is 444 g/mol. The first-order chi connectivity index (χ1) is 14.8. The normalized spacial score (nSPS) is 12.8. The molecule has 8 heteroatoms. The van der Waals surface area contributed by atoms with E-state index in [9.17, 15) is 17.4 Å². The Morgan fingerprint density at radius 1 is 1.00 bits per heavy atom. The standard InChI is InChI=1S/C23H19F3N2O2S/c1-3-21-27-22-19(23(24,25)26)11-6-12-20(22)28(21)15-7-4-8-16(13-15)30-17-9-5-10-18(14-17)31(2)29/h4-14H,3H2,1-2H3. The van der Waals surface area contributed by atoms with Crippen molar-refractivity contribution in [3.05, 3.63) is 78.1 Å². The fraction of sp³-hybridized carbons (Fsp3) is 0.174. The molecule has 0 N–H and O–H groups in total. The molecule has 4 aromatic rings. The largest absolute Gasteiger partial charge is 0.457 e. The SMILES string of the molecule is CCc1nc2c(C(F)(F)F)cccc2n1-c1cccc(Oc2cccc(S(C)=O)c2)c1. The Kier molecular flexibility index (Phi) is 5.58. The molecule has 160 valence electrons. The van der Waals surface area contributed by atoms with Gasteiger partial charge in [0.1, 0.15) is 22.8 Å². The minimum Gasteiger partial charge on any atom is -0.457 e. The molecule has 0 radical (unpaired) electrons. The van der Waals surface area contributed by atoms with Crippen molar-refractivity contribution in [1.29, 1.82) is 0 Å². The van der Waals surface area contributed by atoms with Gasteiger partial charge in [-0.25, -0.2) is 4.98 Å². The topological polar surface area (TPSA) is 44.1 Å². The summed E-state index contributed by atoms with van der Waals surface area (Å²) in [6, 6.07) is 18.1. The summed E-state index contributed by atoms with van der Waals surface area (Å²) in [7, 11) is -1.14. The van der Waals surface area contributed by atoms with Gasteiger partial charge in [0.2, 0.25) is 0 Å². The van der Waals surface area contributed by atoms with E-state index >= 15 is 0 Å². The number of halogens is 3. The van der Waals surface area contributed by atoms with Crippen LogP contribution in [-0.2, 0) is 23.4 Å². The Morgan fingerprint density at radius 3 is 2.35 bits per heavy atom. The van der Waals surface area contributed by atoms with Gasteiger partial charge in [-0.1, -0.05) is 25.1 Å². The zero-order valence-corrected chi connectivity index (χ0v) is 17.6. The van der Waals surface area contributed by atoms with E-state index in [1.165, 1.54) is 6.07 Å². The number of alkyl halides is 3. The summed E-state index contributed by atoms with van der Waals surface area (Å²) in [6.45, 7) is 1.85. The maximum Gasteiger partial charge on any atom is 0.418 e. The van der Waals surface area contributed by atoms with Gasteiger partial charge >= 0.3 is 6.18 Å². The number of nitrogens with zero attached hydrogens (tertiary/aromatic N) is 2. The zero-order chi connectivity index (χ0) is 22.2. The molecule has 1 atom stereocenters. The highest BCUT2D eigenvalue weighted by molar-refractivity contribution is 7.84. The molecule has 31 heavy (non-hydrogen) atoms. The number of ether oxygens (including phenoxy) is 1. The first-order valence-corrected chi connectivity index (χ1v) is 11.1. The maximum atomic E-state index is 13.5. The van der Waals surface area contributed by atoms with Crippen molar-refractivity contribution in [2.24, 2.45) is 0 Å². The third-order valence-corrected chi connectivity index (χ3v) is 5.74. The summed E-state index contributed by atoms with van der Waals surface area (Å²) >= 11 is 0. The lowest BCUT2D eigenvalue weighted by Crippen LogP contribution is -2.05. The van der Waals surface area contributed by atoms with Gasteiger partial charge in [-0.15, -0.1) is 0 Å². The van der Waals surface area contributed by atoms with Crippen molar-refractivity contribution in [3.8, 4) is 17.2 Å². The van der Waals surface area contributed by atoms with E-state index < -0.39 is 22.5 Å². The minimum atomic E-state index is -4.49. The molecule has 0 amide bonds. The van der Waals surface area contributed by atoms with Crippen LogP contribution in [0.5, 0.6) is 11.5 Å². The molecule has 3 aromatic carbocycles. The van der Waals surface area contributed by atoms with Gasteiger partial charge in [-0.05, 0) is 42.5 Å². The van der Waals surface area contributed by atoms with Crippen molar-refractivity contribution in [1.82, 2.24) is 9.55 Å². The first-order valence-electron chi connectivity index (χ1n) is 9.57. The Morgan fingerprint density at radius 2 is 1.68 bits per heavy atom. The quantitative estimate of drug-likeness (QED) is 0.372. The van der Waals surface area contributed by atoms with Gasteiger partial charge in [-0.2, -0.15) is 13.2 Å². The van der Waals surface area contributed by atoms with Gasteiger partial charge < -0.3 is 4.74 Å². The van der Waals surface area contributed by atoms with Gasteiger partial charge in [0.05, 0.1) is 16.8 Å². The fourth-order valence-electron chi connectivity index (χ4n) is 3.44. The van der Waals surface area contributed by atoms with Crippen LogP contribution in [0.1, 0.15) is 18.3 Å². The summed E-state index contributed by atoms with van der Waals surface area (Å²) in [5, 5.41) is 0. The van der Waals surface area contributed by atoms with E-state index in [1.807, 2.05) is 6.92 Å². The molecular weight excluding hydrogens is 425 g/mol. The molecule has 1 unspecified atom stereocenters. The van der Waals surface area contributed by atoms with E-state index in [1.54, 1.807) is 65.4 Å². The number of fused-ring (bicyclic) bond motifs is 1. The van der Waals surface area contributed by atoms with Crippen LogP contribution in [0.25, 0.3) is 16.7 Å². The third-order valence-electron chi connectivity index (χ3n) is 4.83. The van der Waals surface area contributed by atoms with E-state index in [0.717, 1.165) is 6.07 Å². The molecule has 1 aromatic heterocycles. The van der Waals surface area contributed by atoms with Crippen molar-refractivity contribution < 1.29 is 22.1 Å². The molecule has 4 rings (SSSR count). The number of benzene rings is 3. The van der Waals surface area contributed by atoms with Crippen LogP contribution in [0.4, 0.5) is 13.2 Å². The van der Waals surface area contributed by atoms with Crippen LogP contribution >= 0.6 is 0 Å². The summed E-state index contributed by atoms with van der Waals surface area (Å²) < 4.78 is 59.8. The molecule has 0 spiro atoms. The average Bonchev–Trinajstić information content (AvgIpc) is 3.12. The highest BCUT2D eigenvalue weighted by Gasteiger charge is 2.34. The summed E-state index contributed by atoms with van der Waals surface area (Å²) in [4.78, 5) is 4.93. The van der Waals surface area contributed by atoms with Gasteiger partial charge in [0.25, 0.3) is 0 Å². The smallest absolute Gasteiger partial charge is 0.418 e. The molecule has 0 bridgehead atoms. The van der Waals surface area contributed by atoms with Gasteiger partial charge in [-0.3, -0.25) is 8.78 Å². The molecule has 0 aliphatic carbocycles. The van der Waals surface area contributed by atoms with Crippen LogP contribution in [0.15, 0.2) is 71.6 Å². The maximum absolute atomic E-state index is 13.5. The molecule has 0 saturated heterocycles. The van der Waals surface area contributed by atoms with E-state index in [0.29, 0.717) is 39.8 Å². The highest BCUT2D eigenvalue weighted by atomic mass is 32.2. The van der Waals surface area contributed by atoms with Crippen LogP contribution in [-0.4, -0.2) is 20.0 Å². The van der Waals surface area contributed by atoms with E-state index in [2.05, 4.69) is 4.98 Å². The molecule has 0 aliphatic rings. The fourth-order valence-corrected chi connectivity index (χ4v) is 3.99. The Bertz CT molecular complexity index is 1280. The van der Waals surface area contributed by atoms with Crippen molar-refractivity contribution in [2.75, 3.05) is 6.26 Å². The van der Waals surface area contributed by atoms with Crippen LogP contribution in [0, 0.1) is 0 Å². The number of aryl methyl sites for hydroxylation is 1. The summed E-state index contributed by atoms with van der Waals surface area (Å²) in [5.41, 5.74) is 0.199. The number of aromatic nitrogens is 2. The number of hydrogen-bond acceptors (Lipinski definition) is 3. The van der Waals surface area contributed by atoms with Crippen molar-refractivity contribution >= 4 is 21.8 Å². The molecule has 0 saturated carbocycles. The second kappa shape index (κ2) is 8.19. The predicted octanol–water partition coefficient (Wildman–Crippen LogP) is 6.14. The second-order valence-electron chi connectivity index (χ2n) is 6.92. The highest BCUT2D eigenvalue weighted by Crippen LogP contribution is 2.36. The van der Waals surface area contributed by atoms with Crippen molar-refractivity contribution in [2.45, 2.75) is 24.4 Å². The van der Waals surface area contributed by atoms with E-state index in [-0.39, 0.29) is 5.52 Å². The molecular formula is C23H19F3N2O2S. The molecule has 4 nitrogen and oxygen atoms in total. The number of imidazole rings is 1. The van der Waals surface area contributed by atoms with Crippen LogP contribution in [0.3, 0.4) is 0 Å². The predicted molar refractivity (Wildman–Crippen MR) is 114 cm³/mol. The Balaban J connectivity index is 1.79. The number of rotatable bonds is 5. The van der Waals surface area contributed by atoms with Gasteiger partial charge in [0.15, 0.2) is 0 Å². The Labute approximate surface area is 179 Å².